The monoisotopic (exact) mass is 564 g/mol. The minimum Gasteiger partial charge on any atom is -0.490 e. The van der Waals surface area contributed by atoms with E-state index in [1.807, 2.05) is 13.0 Å². The van der Waals surface area contributed by atoms with Crippen molar-refractivity contribution >= 4 is 38.8 Å². The van der Waals surface area contributed by atoms with E-state index < -0.39 is 10.1 Å². The second kappa shape index (κ2) is 11.6. The maximum absolute atomic E-state index is 12.9. The number of rotatable bonds is 10. The lowest BCUT2D eigenvalue weighted by Crippen LogP contribution is -2.25. The second-order valence-corrected chi connectivity index (χ2v) is 11.6. The molecule has 40 heavy (non-hydrogen) atoms. The van der Waals surface area contributed by atoms with Gasteiger partial charge in [0.25, 0.3) is 16.0 Å². The van der Waals surface area contributed by atoms with Gasteiger partial charge in [0.2, 0.25) is 5.95 Å². The van der Waals surface area contributed by atoms with E-state index >= 15 is 0 Å². The third kappa shape index (κ3) is 6.07. The first-order valence-corrected chi connectivity index (χ1v) is 14.5. The fourth-order valence-electron chi connectivity index (χ4n) is 4.72. The zero-order valence-corrected chi connectivity index (χ0v) is 23.5. The number of nitrogens with one attached hydrogen (secondary N) is 1. The highest BCUT2D eigenvalue weighted by molar-refractivity contribution is 7.86. The molecule has 1 aliphatic rings. The molecular formula is C28H32N6O5S. The summed E-state index contributed by atoms with van der Waals surface area (Å²) in [6, 6.07) is 12.0. The maximum atomic E-state index is 12.9. The molecule has 0 atom stereocenters. The fraction of sp³-hybridized carbons (Fsp3) is 0.357. The van der Waals surface area contributed by atoms with E-state index in [0.717, 1.165) is 42.3 Å². The molecule has 0 bridgehead atoms. The molecule has 0 aliphatic heterocycles. The topological polar surface area (TPSA) is 129 Å². The first-order chi connectivity index (χ1) is 19.2. The lowest BCUT2D eigenvalue weighted by Gasteiger charge is -2.19. The Morgan fingerprint density at radius 1 is 1.05 bits per heavy atom. The minimum atomic E-state index is -3.85. The third-order valence-corrected chi connectivity index (χ3v) is 8.09. The van der Waals surface area contributed by atoms with Gasteiger partial charge in [-0.25, -0.2) is 9.97 Å². The molecule has 0 spiro atoms. The number of ether oxygens (including phenoxy) is 1. The van der Waals surface area contributed by atoms with E-state index in [2.05, 4.69) is 19.9 Å². The van der Waals surface area contributed by atoms with E-state index in [1.54, 1.807) is 49.5 Å². The highest BCUT2D eigenvalue weighted by atomic mass is 32.2. The molecule has 3 heterocycles. The van der Waals surface area contributed by atoms with Crippen molar-refractivity contribution in [1.29, 1.82) is 0 Å². The third-order valence-electron chi connectivity index (χ3n) is 6.77. The summed E-state index contributed by atoms with van der Waals surface area (Å²) in [7, 11) is -0.353. The van der Waals surface area contributed by atoms with Crippen LogP contribution in [0.4, 0.5) is 11.8 Å². The van der Waals surface area contributed by atoms with Crippen molar-refractivity contribution in [2.45, 2.75) is 43.5 Å². The molecule has 1 aliphatic carbocycles. The predicted molar refractivity (Wildman–Crippen MR) is 150 cm³/mol. The summed E-state index contributed by atoms with van der Waals surface area (Å²) >= 11 is 0. The molecule has 1 amide bonds. The number of benzene rings is 1. The molecule has 5 rings (SSSR count). The number of amides is 1. The van der Waals surface area contributed by atoms with Crippen LogP contribution in [0.5, 0.6) is 5.75 Å². The lowest BCUT2D eigenvalue weighted by molar-refractivity contribution is 0.0815. The van der Waals surface area contributed by atoms with Gasteiger partial charge in [0.05, 0.1) is 11.1 Å². The van der Waals surface area contributed by atoms with Crippen molar-refractivity contribution < 1.29 is 22.1 Å². The summed E-state index contributed by atoms with van der Waals surface area (Å²) < 4.78 is 37.3. The highest BCUT2D eigenvalue weighted by Crippen LogP contribution is 2.35. The van der Waals surface area contributed by atoms with Crippen LogP contribution in [0.3, 0.4) is 0 Å². The van der Waals surface area contributed by atoms with Gasteiger partial charge >= 0.3 is 0 Å². The molecule has 1 fully saturated rings. The Balaban J connectivity index is 1.23. The normalized spacial score (nSPS) is 14.0. The lowest BCUT2D eigenvalue weighted by atomic mass is 10.2. The zero-order valence-electron chi connectivity index (χ0n) is 22.7. The van der Waals surface area contributed by atoms with Crippen molar-refractivity contribution in [3.63, 3.8) is 0 Å². The summed E-state index contributed by atoms with van der Waals surface area (Å²) in [5.41, 5.74) is 2.30. The van der Waals surface area contributed by atoms with Crippen molar-refractivity contribution in [2.24, 2.45) is 0 Å². The molecular weight excluding hydrogens is 532 g/mol. The average molecular weight is 565 g/mol. The van der Waals surface area contributed by atoms with Crippen LogP contribution in [-0.2, 0) is 14.3 Å². The van der Waals surface area contributed by atoms with E-state index in [9.17, 15) is 13.2 Å². The molecule has 11 nitrogen and oxygen atoms in total. The standard InChI is InChI=1S/C28H32N6O5S/c1-19-8-11-23(12-9-19)40(36,37)39-15-14-38-22-10-13-25(29-18-22)31-28-30-17-20-16-24(27(35)33(2)3)34(26(20)32-28)21-6-4-5-7-21/h8-13,16-18,21H,4-7,14-15H2,1-3H3,(H,29,30,31,32). The predicted octanol–water partition coefficient (Wildman–Crippen LogP) is 4.48. The quantitative estimate of drug-likeness (QED) is 0.219. The number of pyridine rings is 1. The Labute approximate surface area is 233 Å². The van der Waals surface area contributed by atoms with Crippen LogP contribution in [0.15, 0.2) is 59.8 Å². The molecule has 1 aromatic carbocycles. The van der Waals surface area contributed by atoms with Crippen LogP contribution < -0.4 is 10.1 Å². The van der Waals surface area contributed by atoms with Gasteiger partial charge in [-0.15, -0.1) is 0 Å². The molecule has 0 radical (unpaired) electrons. The van der Waals surface area contributed by atoms with Gasteiger partial charge < -0.3 is 19.5 Å². The van der Waals surface area contributed by atoms with Gasteiger partial charge in [-0.1, -0.05) is 30.5 Å². The number of nitrogens with zero attached hydrogens (tertiary/aromatic N) is 5. The Bertz CT molecular complexity index is 1590. The molecule has 12 heteroatoms. The highest BCUT2D eigenvalue weighted by Gasteiger charge is 2.26. The van der Waals surface area contributed by atoms with Crippen molar-refractivity contribution in [2.75, 3.05) is 32.6 Å². The van der Waals surface area contributed by atoms with Crippen molar-refractivity contribution in [3.8, 4) is 5.75 Å². The Morgan fingerprint density at radius 3 is 2.48 bits per heavy atom. The number of carbonyl (C=O) groups excluding carboxylic acids is 1. The van der Waals surface area contributed by atoms with E-state index in [1.165, 1.54) is 18.3 Å². The number of hydrogen-bond acceptors (Lipinski definition) is 9. The Morgan fingerprint density at radius 2 is 1.80 bits per heavy atom. The van der Waals surface area contributed by atoms with Crippen LogP contribution in [0, 0.1) is 6.92 Å². The van der Waals surface area contributed by atoms with E-state index in [4.69, 9.17) is 13.9 Å². The van der Waals surface area contributed by atoms with E-state index in [0.29, 0.717) is 23.2 Å². The average Bonchev–Trinajstić information content (AvgIpc) is 3.59. The van der Waals surface area contributed by atoms with Crippen LogP contribution >= 0.6 is 0 Å². The van der Waals surface area contributed by atoms with Gasteiger partial charge in [0.1, 0.15) is 36.1 Å². The van der Waals surface area contributed by atoms with Crippen molar-refractivity contribution in [3.05, 3.63) is 66.1 Å². The van der Waals surface area contributed by atoms with Gasteiger partial charge in [-0.2, -0.15) is 13.4 Å². The molecule has 4 aromatic rings. The second-order valence-electron chi connectivity index (χ2n) is 9.95. The summed E-state index contributed by atoms with van der Waals surface area (Å²) in [6.07, 6.45) is 7.51. The molecule has 0 saturated heterocycles. The number of fused-ring (bicyclic) bond motifs is 1. The summed E-state index contributed by atoms with van der Waals surface area (Å²) in [5.74, 6) is 1.27. The molecule has 210 valence electrons. The Kier molecular flexibility index (Phi) is 7.99. The van der Waals surface area contributed by atoms with Gasteiger partial charge in [-0.3, -0.25) is 8.98 Å². The van der Waals surface area contributed by atoms with Crippen molar-refractivity contribution in [1.82, 2.24) is 24.4 Å². The van der Waals surface area contributed by atoms with Crippen LogP contribution in [0.2, 0.25) is 0 Å². The van der Waals surface area contributed by atoms with E-state index in [-0.39, 0.29) is 30.1 Å². The largest absolute Gasteiger partial charge is 0.490 e. The summed E-state index contributed by atoms with van der Waals surface area (Å²) in [6.45, 7) is 1.78. The first kappa shape index (κ1) is 27.5. The van der Waals surface area contributed by atoms with Gasteiger partial charge in [0, 0.05) is 31.7 Å². The number of carbonyl (C=O) groups is 1. The van der Waals surface area contributed by atoms with Gasteiger partial charge in [-0.05, 0) is 50.1 Å². The SMILES string of the molecule is Cc1ccc(S(=O)(=O)OCCOc2ccc(Nc3ncc4cc(C(=O)N(C)C)n(C5CCCC5)c4n3)nc2)cc1. The number of aryl methyl sites for hydroxylation is 1. The minimum absolute atomic E-state index is 0.0332. The number of hydrogen-bond donors (Lipinski definition) is 1. The maximum Gasteiger partial charge on any atom is 0.297 e. The first-order valence-electron chi connectivity index (χ1n) is 13.1. The molecule has 1 saturated carbocycles. The van der Waals surface area contributed by atoms with Crippen LogP contribution in [-0.4, -0.2) is 66.1 Å². The fourth-order valence-corrected chi connectivity index (χ4v) is 5.62. The van der Waals surface area contributed by atoms with Crippen LogP contribution in [0.25, 0.3) is 11.0 Å². The molecule has 0 unspecified atom stereocenters. The van der Waals surface area contributed by atoms with Crippen LogP contribution in [0.1, 0.15) is 47.8 Å². The van der Waals surface area contributed by atoms with Gasteiger partial charge in [0.15, 0.2) is 0 Å². The zero-order chi connectivity index (χ0) is 28.3. The smallest absolute Gasteiger partial charge is 0.297 e. The molecule has 1 N–H and O–H groups in total. The Hall–Kier alpha value is -4.03. The number of aromatic nitrogens is 4. The number of anilines is 2. The summed E-state index contributed by atoms with van der Waals surface area (Å²) in [5, 5.41) is 3.92. The molecule has 3 aromatic heterocycles. The summed E-state index contributed by atoms with van der Waals surface area (Å²) in [4.78, 5) is 28.1.